The highest BCUT2D eigenvalue weighted by Crippen LogP contribution is 2.30. The lowest BCUT2D eigenvalue weighted by molar-refractivity contribution is -0.138. The minimum atomic E-state index is -0.862. The second-order valence-electron chi connectivity index (χ2n) is 4.01. The van der Waals surface area contributed by atoms with E-state index in [1.165, 1.54) is 0 Å². The van der Waals surface area contributed by atoms with Crippen LogP contribution in [-0.4, -0.2) is 11.1 Å². The van der Waals surface area contributed by atoms with Crippen LogP contribution in [0.1, 0.15) is 18.4 Å². The van der Waals surface area contributed by atoms with Gasteiger partial charge in [0.1, 0.15) is 11.5 Å². The number of hydrogen-bond donors (Lipinski definition) is 1. The molecule has 92 valence electrons. The number of para-hydroxylation sites is 2. The second-order valence-corrected chi connectivity index (χ2v) is 4.01. The van der Waals surface area contributed by atoms with Gasteiger partial charge in [-0.3, -0.25) is 4.79 Å². The quantitative estimate of drug-likeness (QED) is 0.889. The minimum absolute atomic E-state index is 0.582. The van der Waals surface area contributed by atoms with E-state index >= 15 is 0 Å². The Hall–Kier alpha value is -2.29. The van der Waals surface area contributed by atoms with Crippen molar-refractivity contribution in [2.45, 2.75) is 12.8 Å². The molecule has 3 nitrogen and oxygen atoms in total. The van der Waals surface area contributed by atoms with Crippen molar-refractivity contribution < 1.29 is 14.6 Å². The summed E-state index contributed by atoms with van der Waals surface area (Å²) < 4.78 is 5.72. The van der Waals surface area contributed by atoms with Crippen molar-refractivity contribution in [3.05, 3.63) is 60.2 Å². The van der Waals surface area contributed by atoms with Gasteiger partial charge in [0.15, 0.2) is 0 Å². The standard InChI is InChI=1S/C15H14O3/c1-11(15(16)17)13-9-5-6-10-14(13)18-12-7-3-2-4-8-12/h2-11H,1H3,(H,16,17)/t11-/m0/s1. The zero-order valence-corrected chi connectivity index (χ0v) is 10.0. The highest BCUT2D eigenvalue weighted by molar-refractivity contribution is 5.76. The summed E-state index contributed by atoms with van der Waals surface area (Å²) in [5.74, 6) is -0.176. The molecule has 1 atom stereocenters. The van der Waals surface area contributed by atoms with E-state index in [9.17, 15) is 4.79 Å². The number of carbonyl (C=O) groups is 1. The number of hydrogen-bond acceptors (Lipinski definition) is 2. The minimum Gasteiger partial charge on any atom is -0.481 e. The van der Waals surface area contributed by atoms with Crippen molar-refractivity contribution in [1.29, 1.82) is 0 Å². The molecule has 0 heterocycles. The van der Waals surface area contributed by atoms with Crippen LogP contribution in [0, 0.1) is 0 Å². The summed E-state index contributed by atoms with van der Waals surface area (Å²) in [6, 6.07) is 16.5. The fourth-order valence-electron chi connectivity index (χ4n) is 1.68. The van der Waals surface area contributed by atoms with Gasteiger partial charge < -0.3 is 9.84 Å². The maximum atomic E-state index is 11.0. The molecular weight excluding hydrogens is 228 g/mol. The molecule has 2 aromatic carbocycles. The zero-order valence-electron chi connectivity index (χ0n) is 10.0. The summed E-state index contributed by atoms with van der Waals surface area (Å²) in [4.78, 5) is 11.0. The molecular formula is C15H14O3. The molecule has 0 spiro atoms. The smallest absolute Gasteiger partial charge is 0.310 e. The first kappa shape index (κ1) is 12.2. The molecule has 0 radical (unpaired) electrons. The van der Waals surface area contributed by atoms with Gasteiger partial charge in [-0.25, -0.2) is 0 Å². The fraction of sp³-hybridized carbons (Fsp3) is 0.133. The maximum absolute atomic E-state index is 11.0. The average Bonchev–Trinajstić information content (AvgIpc) is 2.39. The molecule has 0 aromatic heterocycles. The molecule has 0 bridgehead atoms. The van der Waals surface area contributed by atoms with Crippen LogP contribution in [0.5, 0.6) is 11.5 Å². The van der Waals surface area contributed by atoms with Gasteiger partial charge in [0.25, 0.3) is 0 Å². The van der Waals surface area contributed by atoms with E-state index in [0.29, 0.717) is 17.1 Å². The molecule has 2 aromatic rings. The molecule has 0 aliphatic rings. The van der Waals surface area contributed by atoms with Crippen molar-refractivity contribution in [1.82, 2.24) is 0 Å². The number of ether oxygens (including phenoxy) is 1. The lowest BCUT2D eigenvalue weighted by atomic mass is 10.0. The zero-order chi connectivity index (χ0) is 13.0. The van der Waals surface area contributed by atoms with Crippen LogP contribution < -0.4 is 4.74 Å². The first-order valence-electron chi connectivity index (χ1n) is 5.73. The number of rotatable bonds is 4. The third-order valence-corrected chi connectivity index (χ3v) is 2.73. The third-order valence-electron chi connectivity index (χ3n) is 2.73. The van der Waals surface area contributed by atoms with Crippen molar-refractivity contribution in [3.63, 3.8) is 0 Å². The molecule has 0 fully saturated rings. The van der Waals surface area contributed by atoms with E-state index in [4.69, 9.17) is 9.84 Å². The number of carboxylic acids is 1. The van der Waals surface area contributed by atoms with Gasteiger partial charge >= 0.3 is 5.97 Å². The Balaban J connectivity index is 2.31. The van der Waals surface area contributed by atoms with Crippen LogP contribution in [0.15, 0.2) is 54.6 Å². The van der Waals surface area contributed by atoms with Crippen LogP contribution in [-0.2, 0) is 4.79 Å². The Morgan fingerprint density at radius 1 is 1.06 bits per heavy atom. The van der Waals surface area contributed by atoms with Crippen molar-refractivity contribution in [2.24, 2.45) is 0 Å². The topological polar surface area (TPSA) is 46.5 Å². The highest BCUT2D eigenvalue weighted by atomic mass is 16.5. The molecule has 3 heteroatoms. The summed E-state index contributed by atoms with van der Waals surface area (Å²) in [5, 5.41) is 9.07. The van der Waals surface area contributed by atoms with E-state index in [0.717, 1.165) is 0 Å². The Labute approximate surface area is 106 Å². The van der Waals surface area contributed by atoms with Crippen molar-refractivity contribution >= 4 is 5.97 Å². The van der Waals surface area contributed by atoms with Crippen molar-refractivity contribution in [2.75, 3.05) is 0 Å². The van der Waals surface area contributed by atoms with E-state index < -0.39 is 11.9 Å². The van der Waals surface area contributed by atoms with Gasteiger partial charge in [0.05, 0.1) is 5.92 Å². The lowest BCUT2D eigenvalue weighted by Crippen LogP contribution is -2.08. The van der Waals surface area contributed by atoms with Crippen LogP contribution >= 0.6 is 0 Å². The molecule has 2 rings (SSSR count). The number of aliphatic carboxylic acids is 1. The summed E-state index contributed by atoms with van der Waals surface area (Å²) in [6.45, 7) is 1.65. The number of benzene rings is 2. The Morgan fingerprint density at radius 2 is 1.67 bits per heavy atom. The monoisotopic (exact) mass is 242 g/mol. The van der Waals surface area contributed by atoms with Crippen LogP contribution in [0.2, 0.25) is 0 Å². The van der Waals surface area contributed by atoms with Gasteiger partial charge in [-0.1, -0.05) is 36.4 Å². The summed E-state index contributed by atoms with van der Waals surface area (Å²) >= 11 is 0. The molecule has 0 unspecified atom stereocenters. The first-order chi connectivity index (χ1) is 8.68. The highest BCUT2D eigenvalue weighted by Gasteiger charge is 2.18. The lowest BCUT2D eigenvalue weighted by Gasteiger charge is -2.13. The van der Waals surface area contributed by atoms with Crippen molar-refractivity contribution in [3.8, 4) is 11.5 Å². The van der Waals surface area contributed by atoms with E-state index in [1.807, 2.05) is 42.5 Å². The molecule has 0 amide bonds. The van der Waals surface area contributed by atoms with Crippen LogP contribution in [0.3, 0.4) is 0 Å². The molecule has 0 aliphatic heterocycles. The average molecular weight is 242 g/mol. The first-order valence-corrected chi connectivity index (χ1v) is 5.73. The van der Waals surface area contributed by atoms with E-state index in [2.05, 4.69) is 0 Å². The second kappa shape index (κ2) is 5.36. The molecule has 18 heavy (non-hydrogen) atoms. The molecule has 0 saturated heterocycles. The van der Waals surface area contributed by atoms with Gasteiger partial charge in [-0.05, 0) is 25.1 Å². The van der Waals surface area contributed by atoms with E-state index in [1.54, 1.807) is 19.1 Å². The molecule has 0 saturated carbocycles. The maximum Gasteiger partial charge on any atom is 0.310 e. The number of carboxylic acid groups (broad SMARTS) is 1. The van der Waals surface area contributed by atoms with Gasteiger partial charge in [-0.15, -0.1) is 0 Å². The summed E-state index contributed by atoms with van der Waals surface area (Å²) in [5.41, 5.74) is 0.675. The summed E-state index contributed by atoms with van der Waals surface area (Å²) in [6.07, 6.45) is 0. The van der Waals surface area contributed by atoms with Gasteiger partial charge in [0.2, 0.25) is 0 Å². The molecule has 0 aliphatic carbocycles. The largest absolute Gasteiger partial charge is 0.481 e. The third kappa shape index (κ3) is 2.69. The van der Waals surface area contributed by atoms with Gasteiger partial charge in [-0.2, -0.15) is 0 Å². The Bertz CT molecular complexity index is 534. The predicted molar refractivity (Wildman–Crippen MR) is 69.0 cm³/mol. The van der Waals surface area contributed by atoms with Crippen LogP contribution in [0.25, 0.3) is 0 Å². The van der Waals surface area contributed by atoms with Gasteiger partial charge in [0, 0.05) is 5.56 Å². The Kier molecular flexibility index (Phi) is 3.63. The normalized spacial score (nSPS) is 11.8. The fourth-order valence-corrected chi connectivity index (χ4v) is 1.68. The predicted octanol–water partition coefficient (Wildman–Crippen LogP) is 3.67. The van der Waals surface area contributed by atoms with Crippen LogP contribution in [0.4, 0.5) is 0 Å². The Morgan fingerprint density at radius 3 is 2.33 bits per heavy atom. The summed E-state index contributed by atoms with van der Waals surface area (Å²) in [7, 11) is 0. The SMILES string of the molecule is C[C@H](C(=O)O)c1ccccc1Oc1ccccc1. The molecule has 1 N–H and O–H groups in total. The van der Waals surface area contributed by atoms with E-state index in [-0.39, 0.29) is 0 Å².